The van der Waals surface area contributed by atoms with Gasteiger partial charge in [0.2, 0.25) is 5.91 Å². The number of amides is 2. The van der Waals surface area contributed by atoms with E-state index >= 15 is 0 Å². The monoisotopic (exact) mass is 422 g/mol. The normalized spacial score (nSPS) is 14.7. The minimum atomic E-state index is -0.394. The molecule has 0 spiro atoms. The fraction of sp³-hybridized carbons (Fsp3) is 0.409. The van der Waals surface area contributed by atoms with Gasteiger partial charge in [0.25, 0.3) is 11.5 Å². The number of hydrogen-bond donors (Lipinski definition) is 2. The van der Waals surface area contributed by atoms with Crippen LogP contribution in [0.25, 0.3) is 5.52 Å². The second kappa shape index (κ2) is 8.71. The van der Waals surface area contributed by atoms with E-state index in [-0.39, 0.29) is 28.9 Å². The van der Waals surface area contributed by atoms with Crippen molar-refractivity contribution in [3.05, 3.63) is 63.3 Å². The molecule has 2 amide bonds. The first kappa shape index (κ1) is 20.8. The van der Waals surface area contributed by atoms with Gasteiger partial charge in [0.05, 0.1) is 6.20 Å². The molecule has 1 saturated heterocycles. The molecule has 0 atom stereocenters. The van der Waals surface area contributed by atoms with E-state index in [9.17, 15) is 14.4 Å². The van der Waals surface area contributed by atoms with E-state index < -0.39 is 5.56 Å². The van der Waals surface area contributed by atoms with Crippen LogP contribution in [0.15, 0.2) is 35.3 Å². The van der Waals surface area contributed by atoms with Crippen molar-refractivity contribution in [2.45, 2.75) is 39.7 Å². The standard InChI is InChI=1S/C22H26N6O3/c1-3-15-4-6-16(7-5-15)12-23-20(29)17-8-10-27(11-9-17)22(31)18-19-21(30)24-14(2)13-28(19)26-25-18/h4-7,13,17H,3,8-12H2,1-2H3,(H,23,29)(H,24,30). The second-order valence-electron chi connectivity index (χ2n) is 7.95. The lowest BCUT2D eigenvalue weighted by Gasteiger charge is -2.30. The molecular weight excluding hydrogens is 396 g/mol. The van der Waals surface area contributed by atoms with Crippen molar-refractivity contribution in [3.63, 3.8) is 0 Å². The molecule has 0 unspecified atom stereocenters. The molecule has 1 aliphatic heterocycles. The quantitative estimate of drug-likeness (QED) is 0.646. The molecule has 0 radical (unpaired) electrons. The topological polar surface area (TPSA) is 112 Å². The molecule has 9 nitrogen and oxygen atoms in total. The van der Waals surface area contributed by atoms with Crippen molar-refractivity contribution in [2.75, 3.05) is 13.1 Å². The maximum atomic E-state index is 12.9. The van der Waals surface area contributed by atoms with Gasteiger partial charge in [-0.05, 0) is 37.3 Å². The molecule has 1 aromatic carbocycles. The summed E-state index contributed by atoms with van der Waals surface area (Å²) in [7, 11) is 0. The first-order chi connectivity index (χ1) is 15.0. The summed E-state index contributed by atoms with van der Waals surface area (Å²) in [5.74, 6) is -0.464. The largest absolute Gasteiger partial charge is 0.352 e. The molecule has 2 aromatic heterocycles. The number of nitrogens with one attached hydrogen (secondary N) is 2. The molecule has 0 saturated carbocycles. The minimum Gasteiger partial charge on any atom is -0.352 e. The number of fused-ring (bicyclic) bond motifs is 1. The Bertz CT molecular complexity index is 1160. The van der Waals surface area contributed by atoms with Crippen LogP contribution in [0.5, 0.6) is 0 Å². The molecule has 162 valence electrons. The van der Waals surface area contributed by atoms with Crippen LogP contribution in [0.1, 0.15) is 47.1 Å². The van der Waals surface area contributed by atoms with Crippen molar-refractivity contribution < 1.29 is 9.59 Å². The Kier molecular flexibility index (Phi) is 5.83. The first-order valence-corrected chi connectivity index (χ1v) is 10.6. The van der Waals surface area contributed by atoms with Crippen molar-refractivity contribution in [3.8, 4) is 0 Å². The molecule has 4 rings (SSSR count). The zero-order chi connectivity index (χ0) is 22.0. The Hall–Kier alpha value is -3.49. The van der Waals surface area contributed by atoms with Crippen LogP contribution in [0.3, 0.4) is 0 Å². The lowest BCUT2D eigenvalue weighted by atomic mass is 9.95. The summed E-state index contributed by atoms with van der Waals surface area (Å²) in [5.41, 5.74) is 2.76. The molecule has 9 heteroatoms. The van der Waals surface area contributed by atoms with Gasteiger partial charge in [0, 0.05) is 31.2 Å². The molecule has 0 aliphatic carbocycles. The summed E-state index contributed by atoms with van der Waals surface area (Å²) in [4.78, 5) is 42.0. The van der Waals surface area contributed by atoms with Crippen LogP contribution in [0.4, 0.5) is 0 Å². The highest BCUT2D eigenvalue weighted by atomic mass is 16.2. The van der Waals surface area contributed by atoms with Crippen molar-refractivity contribution >= 4 is 17.3 Å². The Morgan fingerprint density at radius 3 is 2.52 bits per heavy atom. The number of hydrogen-bond acceptors (Lipinski definition) is 5. The number of aryl methyl sites for hydroxylation is 2. The Morgan fingerprint density at radius 2 is 1.84 bits per heavy atom. The third-order valence-electron chi connectivity index (χ3n) is 5.79. The predicted molar refractivity (Wildman–Crippen MR) is 115 cm³/mol. The van der Waals surface area contributed by atoms with Gasteiger partial charge < -0.3 is 15.2 Å². The minimum absolute atomic E-state index is 0.00712. The van der Waals surface area contributed by atoms with Crippen LogP contribution < -0.4 is 10.9 Å². The number of carbonyl (C=O) groups is 2. The van der Waals surface area contributed by atoms with E-state index in [2.05, 4.69) is 39.7 Å². The van der Waals surface area contributed by atoms with Gasteiger partial charge in [-0.25, -0.2) is 4.52 Å². The molecule has 31 heavy (non-hydrogen) atoms. The number of rotatable bonds is 5. The van der Waals surface area contributed by atoms with Crippen LogP contribution in [0, 0.1) is 12.8 Å². The van der Waals surface area contributed by atoms with Gasteiger partial charge in [-0.15, -0.1) is 5.10 Å². The third-order valence-corrected chi connectivity index (χ3v) is 5.79. The zero-order valence-electron chi connectivity index (χ0n) is 17.7. The van der Waals surface area contributed by atoms with Gasteiger partial charge in [-0.1, -0.05) is 36.4 Å². The van der Waals surface area contributed by atoms with E-state index in [1.54, 1.807) is 18.0 Å². The number of carbonyl (C=O) groups excluding carboxylic acids is 2. The summed E-state index contributed by atoms with van der Waals surface area (Å²) in [6.07, 6.45) is 3.75. The van der Waals surface area contributed by atoms with E-state index in [1.807, 2.05) is 12.1 Å². The average molecular weight is 422 g/mol. The summed E-state index contributed by atoms with van der Waals surface area (Å²) in [6, 6.07) is 8.22. The van der Waals surface area contributed by atoms with Crippen LogP contribution in [-0.2, 0) is 17.8 Å². The smallest absolute Gasteiger partial charge is 0.276 e. The average Bonchev–Trinajstić information content (AvgIpc) is 3.21. The predicted octanol–water partition coefficient (Wildman–Crippen LogP) is 1.46. The molecule has 1 aliphatic rings. The maximum absolute atomic E-state index is 12.9. The summed E-state index contributed by atoms with van der Waals surface area (Å²) in [6.45, 7) is 5.21. The Labute approximate surface area is 179 Å². The van der Waals surface area contributed by atoms with Crippen molar-refractivity contribution in [1.82, 2.24) is 30.0 Å². The summed E-state index contributed by atoms with van der Waals surface area (Å²) in [5, 5.41) is 10.8. The number of aromatic amines is 1. The summed E-state index contributed by atoms with van der Waals surface area (Å²) < 4.78 is 1.33. The van der Waals surface area contributed by atoms with Gasteiger partial charge in [-0.3, -0.25) is 14.4 Å². The fourth-order valence-electron chi connectivity index (χ4n) is 3.91. The van der Waals surface area contributed by atoms with Crippen LogP contribution >= 0.6 is 0 Å². The number of piperidine rings is 1. The molecular formula is C22H26N6O3. The second-order valence-corrected chi connectivity index (χ2v) is 7.95. The zero-order valence-corrected chi connectivity index (χ0v) is 17.7. The van der Waals surface area contributed by atoms with Gasteiger partial charge in [-0.2, -0.15) is 0 Å². The van der Waals surface area contributed by atoms with E-state index in [1.165, 1.54) is 10.1 Å². The molecule has 3 aromatic rings. The van der Waals surface area contributed by atoms with Crippen LogP contribution in [0.2, 0.25) is 0 Å². The SMILES string of the molecule is CCc1ccc(CNC(=O)C2CCN(C(=O)c3nnn4cc(C)[nH]c(=O)c34)CC2)cc1. The lowest BCUT2D eigenvalue weighted by Crippen LogP contribution is -2.43. The van der Waals surface area contributed by atoms with E-state index in [0.717, 1.165) is 12.0 Å². The highest BCUT2D eigenvalue weighted by molar-refractivity contribution is 5.98. The highest BCUT2D eigenvalue weighted by Crippen LogP contribution is 2.20. The number of nitrogens with zero attached hydrogens (tertiary/aromatic N) is 4. The fourth-order valence-corrected chi connectivity index (χ4v) is 3.91. The first-order valence-electron chi connectivity index (χ1n) is 10.6. The van der Waals surface area contributed by atoms with Gasteiger partial charge in [0.15, 0.2) is 11.2 Å². The van der Waals surface area contributed by atoms with Gasteiger partial charge in [0.1, 0.15) is 0 Å². The molecule has 1 fully saturated rings. The molecule has 3 heterocycles. The molecule has 2 N–H and O–H groups in total. The highest BCUT2D eigenvalue weighted by Gasteiger charge is 2.30. The summed E-state index contributed by atoms with van der Waals surface area (Å²) >= 11 is 0. The lowest BCUT2D eigenvalue weighted by molar-refractivity contribution is -0.126. The van der Waals surface area contributed by atoms with E-state index in [4.69, 9.17) is 0 Å². The Morgan fingerprint density at radius 1 is 1.16 bits per heavy atom. The van der Waals surface area contributed by atoms with E-state index in [0.29, 0.717) is 38.2 Å². The maximum Gasteiger partial charge on any atom is 0.276 e. The molecule has 0 bridgehead atoms. The van der Waals surface area contributed by atoms with Crippen molar-refractivity contribution in [1.29, 1.82) is 0 Å². The number of aromatic nitrogens is 4. The number of H-pyrrole nitrogens is 1. The van der Waals surface area contributed by atoms with Crippen molar-refractivity contribution in [2.24, 2.45) is 5.92 Å². The third kappa shape index (κ3) is 4.35. The van der Waals surface area contributed by atoms with Gasteiger partial charge >= 0.3 is 0 Å². The van der Waals surface area contributed by atoms with Crippen LogP contribution in [-0.4, -0.2) is 49.6 Å². The number of likely N-dealkylation sites (tertiary alicyclic amines) is 1. The Balaban J connectivity index is 1.34. The number of benzene rings is 1.